The minimum atomic E-state index is -0.320. The zero-order valence-corrected chi connectivity index (χ0v) is 11.4. The summed E-state index contributed by atoms with van der Waals surface area (Å²) in [6.45, 7) is 6.11. The maximum absolute atomic E-state index is 11.6. The van der Waals surface area contributed by atoms with Gasteiger partial charge in [0.25, 0.3) is 0 Å². The van der Waals surface area contributed by atoms with Crippen LogP contribution < -0.4 is 0 Å². The Morgan fingerprint density at radius 3 is 2.78 bits per heavy atom. The van der Waals surface area contributed by atoms with Crippen LogP contribution in [0.3, 0.4) is 0 Å². The second-order valence-corrected chi connectivity index (χ2v) is 4.92. The number of aromatic nitrogens is 2. The molecule has 0 radical (unpaired) electrons. The van der Waals surface area contributed by atoms with Crippen molar-refractivity contribution in [3.05, 3.63) is 34.6 Å². The Bertz CT molecular complexity index is 578. The van der Waals surface area contributed by atoms with Gasteiger partial charge in [-0.1, -0.05) is 0 Å². The predicted octanol–water partition coefficient (Wildman–Crippen LogP) is 3.00. The van der Waals surface area contributed by atoms with Crippen molar-refractivity contribution in [1.29, 1.82) is 0 Å². The number of esters is 1. The molecule has 0 unspecified atom stereocenters. The lowest BCUT2D eigenvalue weighted by Gasteiger charge is -2.02. The molecular weight excluding hydrogens is 248 g/mol. The van der Waals surface area contributed by atoms with Gasteiger partial charge in [0.15, 0.2) is 0 Å². The van der Waals surface area contributed by atoms with Crippen molar-refractivity contribution < 1.29 is 9.53 Å². The van der Waals surface area contributed by atoms with Crippen molar-refractivity contribution in [3.63, 3.8) is 0 Å². The van der Waals surface area contributed by atoms with E-state index in [9.17, 15) is 4.79 Å². The molecule has 0 saturated carbocycles. The first-order valence-electron chi connectivity index (χ1n) is 5.68. The molecule has 0 aliphatic rings. The van der Waals surface area contributed by atoms with Gasteiger partial charge in [0.2, 0.25) is 0 Å². The number of pyridine rings is 1. The summed E-state index contributed by atoms with van der Waals surface area (Å²) in [5, 5.41) is 0.794. The van der Waals surface area contributed by atoms with E-state index in [-0.39, 0.29) is 5.97 Å². The van der Waals surface area contributed by atoms with E-state index in [1.165, 1.54) is 11.3 Å². The fourth-order valence-electron chi connectivity index (χ4n) is 1.62. The van der Waals surface area contributed by atoms with Crippen LogP contribution in [0.15, 0.2) is 18.5 Å². The highest BCUT2D eigenvalue weighted by atomic mass is 32.1. The molecule has 0 amide bonds. The summed E-state index contributed by atoms with van der Waals surface area (Å²) in [4.78, 5) is 20.6. The molecule has 0 atom stereocenters. The van der Waals surface area contributed by atoms with Crippen LogP contribution in [0, 0.1) is 13.8 Å². The van der Waals surface area contributed by atoms with Gasteiger partial charge in [-0.05, 0) is 32.4 Å². The van der Waals surface area contributed by atoms with Gasteiger partial charge in [-0.3, -0.25) is 4.98 Å². The van der Waals surface area contributed by atoms with Gasteiger partial charge in [0.05, 0.1) is 12.8 Å². The van der Waals surface area contributed by atoms with Crippen LogP contribution in [-0.4, -0.2) is 22.5 Å². The van der Waals surface area contributed by atoms with Gasteiger partial charge in [0, 0.05) is 17.5 Å². The number of rotatable bonds is 3. The molecule has 0 spiro atoms. The molecule has 0 fully saturated rings. The Morgan fingerprint density at radius 1 is 1.33 bits per heavy atom. The van der Waals surface area contributed by atoms with E-state index >= 15 is 0 Å². The van der Waals surface area contributed by atoms with Crippen molar-refractivity contribution in [2.45, 2.75) is 20.8 Å². The number of thiazole rings is 1. The van der Waals surface area contributed by atoms with Crippen molar-refractivity contribution in [2.75, 3.05) is 6.61 Å². The van der Waals surface area contributed by atoms with Gasteiger partial charge in [-0.25, -0.2) is 9.78 Å². The van der Waals surface area contributed by atoms with Gasteiger partial charge in [-0.15, -0.1) is 11.3 Å². The second-order valence-electron chi connectivity index (χ2n) is 3.89. The van der Waals surface area contributed by atoms with E-state index in [2.05, 4.69) is 9.97 Å². The first kappa shape index (κ1) is 12.7. The second kappa shape index (κ2) is 5.27. The van der Waals surface area contributed by atoms with Crippen molar-refractivity contribution in [3.8, 4) is 10.6 Å². The molecule has 2 rings (SSSR count). The lowest BCUT2D eigenvalue weighted by Crippen LogP contribution is -2.01. The summed E-state index contributed by atoms with van der Waals surface area (Å²) < 4.78 is 4.94. The summed E-state index contributed by atoms with van der Waals surface area (Å²) in [5.41, 5.74) is 3.03. The van der Waals surface area contributed by atoms with E-state index in [1.807, 2.05) is 19.9 Å². The zero-order valence-electron chi connectivity index (χ0n) is 10.6. The summed E-state index contributed by atoms with van der Waals surface area (Å²) in [6.07, 6.45) is 3.34. The minimum Gasteiger partial charge on any atom is -0.462 e. The quantitative estimate of drug-likeness (QED) is 0.798. The molecule has 18 heavy (non-hydrogen) atoms. The number of carbonyl (C=O) groups is 1. The predicted molar refractivity (Wildman–Crippen MR) is 70.8 cm³/mol. The van der Waals surface area contributed by atoms with Crippen LogP contribution in [0.5, 0.6) is 0 Å². The average molecular weight is 262 g/mol. The van der Waals surface area contributed by atoms with Crippen molar-refractivity contribution in [2.24, 2.45) is 0 Å². The topological polar surface area (TPSA) is 52.1 Å². The fourth-order valence-corrected chi connectivity index (χ4v) is 2.50. The Morgan fingerprint density at radius 2 is 2.11 bits per heavy atom. The average Bonchev–Trinajstić information content (AvgIpc) is 2.78. The molecule has 4 nitrogen and oxygen atoms in total. The third-order valence-electron chi connectivity index (χ3n) is 2.46. The summed E-state index contributed by atoms with van der Waals surface area (Å²) in [6, 6.07) is 2.00. The van der Waals surface area contributed by atoms with E-state index < -0.39 is 0 Å². The Kier molecular flexibility index (Phi) is 3.72. The van der Waals surface area contributed by atoms with E-state index in [0.29, 0.717) is 11.5 Å². The zero-order chi connectivity index (χ0) is 13.1. The molecule has 2 aromatic rings. The summed E-state index contributed by atoms with van der Waals surface area (Å²) >= 11 is 1.33. The molecule has 2 aromatic heterocycles. The lowest BCUT2D eigenvalue weighted by molar-refractivity contribution is 0.0532. The Labute approximate surface area is 110 Å². The van der Waals surface area contributed by atoms with Gasteiger partial charge >= 0.3 is 5.97 Å². The van der Waals surface area contributed by atoms with Crippen LogP contribution in [0.25, 0.3) is 10.6 Å². The monoisotopic (exact) mass is 262 g/mol. The largest absolute Gasteiger partial charge is 0.462 e. The molecular formula is C13H14N2O2S. The molecule has 0 saturated heterocycles. The summed E-state index contributed by atoms with van der Waals surface area (Å²) in [7, 11) is 0. The molecule has 0 N–H and O–H groups in total. The molecule has 2 heterocycles. The number of hydrogen-bond acceptors (Lipinski definition) is 5. The molecule has 0 aromatic carbocycles. The summed E-state index contributed by atoms with van der Waals surface area (Å²) in [5.74, 6) is -0.320. The van der Waals surface area contributed by atoms with Crippen LogP contribution in [0.4, 0.5) is 0 Å². The van der Waals surface area contributed by atoms with Gasteiger partial charge in [-0.2, -0.15) is 0 Å². The maximum Gasteiger partial charge on any atom is 0.349 e. The highest BCUT2D eigenvalue weighted by Gasteiger charge is 2.13. The number of nitrogens with zero attached hydrogens (tertiary/aromatic N) is 2. The highest BCUT2D eigenvalue weighted by molar-refractivity contribution is 7.16. The minimum absolute atomic E-state index is 0.320. The van der Waals surface area contributed by atoms with Crippen LogP contribution in [0.1, 0.15) is 27.9 Å². The SMILES string of the molecule is CCOC(=O)c1cnc(-c2cnc(C)cc2C)s1. The van der Waals surface area contributed by atoms with E-state index in [0.717, 1.165) is 21.8 Å². The first-order chi connectivity index (χ1) is 8.61. The number of hydrogen-bond donors (Lipinski definition) is 0. The van der Waals surface area contributed by atoms with E-state index in [1.54, 1.807) is 19.3 Å². The van der Waals surface area contributed by atoms with Gasteiger partial charge < -0.3 is 4.74 Å². The molecule has 94 valence electrons. The number of carbonyl (C=O) groups excluding carboxylic acids is 1. The number of ether oxygens (including phenoxy) is 1. The standard InChI is InChI=1S/C13H14N2O2S/c1-4-17-13(16)11-7-15-12(18-11)10-6-14-9(3)5-8(10)2/h5-7H,4H2,1-3H3. The van der Waals surface area contributed by atoms with Gasteiger partial charge in [0.1, 0.15) is 9.88 Å². The Balaban J connectivity index is 2.32. The van der Waals surface area contributed by atoms with Crippen molar-refractivity contribution in [1.82, 2.24) is 9.97 Å². The first-order valence-corrected chi connectivity index (χ1v) is 6.50. The van der Waals surface area contributed by atoms with E-state index in [4.69, 9.17) is 4.74 Å². The van der Waals surface area contributed by atoms with Crippen LogP contribution >= 0.6 is 11.3 Å². The third-order valence-corrected chi connectivity index (χ3v) is 3.47. The maximum atomic E-state index is 11.6. The van der Waals surface area contributed by atoms with Crippen LogP contribution in [0.2, 0.25) is 0 Å². The number of aryl methyl sites for hydroxylation is 2. The smallest absolute Gasteiger partial charge is 0.349 e. The Hall–Kier alpha value is -1.75. The van der Waals surface area contributed by atoms with Crippen molar-refractivity contribution >= 4 is 17.3 Å². The molecule has 5 heteroatoms. The third kappa shape index (κ3) is 2.56. The lowest BCUT2D eigenvalue weighted by atomic mass is 10.1. The molecule has 0 aliphatic carbocycles. The molecule has 0 bridgehead atoms. The highest BCUT2D eigenvalue weighted by Crippen LogP contribution is 2.27. The molecule has 0 aliphatic heterocycles. The van der Waals surface area contributed by atoms with Crippen LogP contribution in [-0.2, 0) is 4.74 Å². The fraction of sp³-hybridized carbons (Fsp3) is 0.308. The normalized spacial score (nSPS) is 10.4.